The van der Waals surface area contributed by atoms with E-state index >= 15 is 0 Å². The molecule has 0 radical (unpaired) electrons. The van der Waals surface area contributed by atoms with E-state index in [0.717, 1.165) is 6.42 Å². The van der Waals surface area contributed by atoms with E-state index in [-0.39, 0.29) is 18.1 Å². The van der Waals surface area contributed by atoms with Crippen LogP contribution < -0.4 is 9.62 Å². The zero-order chi connectivity index (χ0) is 18.6. The zero-order valence-electron chi connectivity index (χ0n) is 14.5. The number of rotatable bonds is 7. The molecule has 0 spiro atoms. The van der Waals surface area contributed by atoms with Crippen molar-refractivity contribution in [3.05, 3.63) is 24.3 Å². The molecule has 1 fully saturated rings. The number of benzene rings is 1. The van der Waals surface area contributed by atoms with Gasteiger partial charge in [-0.3, -0.25) is 9.10 Å². The van der Waals surface area contributed by atoms with Crippen LogP contribution in [0.4, 0.5) is 11.4 Å². The van der Waals surface area contributed by atoms with Crippen LogP contribution in [-0.2, 0) is 14.8 Å². The highest BCUT2D eigenvalue weighted by molar-refractivity contribution is 7.92. The average molecular weight is 374 g/mol. The lowest BCUT2D eigenvalue weighted by Crippen LogP contribution is -2.37. The average Bonchev–Trinajstić information content (AvgIpc) is 3.38. The van der Waals surface area contributed by atoms with Gasteiger partial charge in [0.2, 0.25) is 15.9 Å². The Morgan fingerprint density at radius 3 is 2.81 bits per heavy atom. The van der Waals surface area contributed by atoms with Gasteiger partial charge in [-0.2, -0.15) is 10.2 Å². The number of anilines is 2. The monoisotopic (exact) mass is 374 g/mol. The minimum Gasteiger partial charge on any atom is -0.326 e. The van der Waals surface area contributed by atoms with E-state index in [9.17, 15) is 13.2 Å². The summed E-state index contributed by atoms with van der Waals surface area (Å²) in [5.41, 5.74) is 0.684. The predicted octanol–water partition coefficient (Wildman–Crippen LogP) is 2.91. The molecule has 0 aromatic heterocycles. The first-order valence-corrected chi connectivity index (χ1v) is 10.3. The third-order valence-corrected chi connectivity index (χ3v) is 6.44. The van der Waals surface area contributed by atoms with Gasteiger partial charge >= 0.3 is 0 Å². The Hall–Kier alpha value is -2.40. The molecular formula is C18H22N4O3S. The quantitative estimate of drug-likeness (QED) is 0.744. The molecule has 0 bridgehead atoms. The molecule has 2 heterocycles. The SMILES string of the molecule is C#CCCC1(CCC(=O)Nc2cccc(N3CCCCS3(=O)=O)c2)N=N1. The molecule has 0 atom stereocenters. The molecule has 1 aromatic rings. The Labute approximate surface area is 153 Å². The second kappa shape index (κ2) is 7.46. The summed E-state index contributed by atoms with van der Waals surface area (Å²) < 4.78 is 25.9. The molecule has 2 aliphatic rings. The largest absolute Gasteiger partial charge is 0.326 e. The van der Waals surface area contributed by atoms with Crippen molar-refractivity contribution in [2.45, 2.75) is 44.2 Å². The third-order valence-electron chi connectivity index (χ3n) is 4.57. The minimum atomic E-state index is -3.27. The van der Waals surface area contributed by atoms with Gasteiger partial charge in [0, 0.05) is 37.9 Å². The fraction of sp³-hybridized carbons (Fsp3) is 0.500. The van der Waals surface area contributed by atoms with Crippen LogP contribution >= 0.6 is 0 Å². The summed E-state index contributed by atoms with van der Waals surface area (Å²) >= 11 is 0. The second-order valence-corrected chi connectivity index (χ2v) is 8.59. The van der Waals surface area contributed by atoms with Gasteiger partial charge in [-0.1, -0.05) is 6.07 Å². The molecule has 0 aliphatic carbocycles. The van der Waals surface area contributed by atoms with Gasteiger partial charge in [0.05, 0.1) is 11.4 Å². The van der Waals surface area contributed by atoms with Gasteiger partial charge < -0.3 is 5.32 Å². The maximum Gasteiger partial charge on any atom is 0.235 e. The number of carbonyl (C=O) groups excluding carboxylic acids is 1. The molecule has 1 aromatic carbocycles. The topological polar surface area (TPSA) is 91.2 Å². The van der Waals surface area contributed by atoms with E-state index in [2.05, 4.69) is 21.5 Å². The Morgan fingerprint density at radius 2 is 2.12 bits per heavy atom. The first kappa shape index (κ1) is 18.4. The number of hydrogen-bond donors (Lipinski definition) is 1. The van der Waals surface area contributed by atoms with Crippen molar-refractivity contribution in [1.29, 1.82) is 0 Å². The highest BCUT2D eigenvalue weighted by Crippen LogP contribution is 2.37. The number of carbonyl (C=O) groups is 1. The van der Waals surface area contributed by atoms with Crippen molar-refractivity contribution in [3.63, 3.8) is 0 Å². The molecular weight excluding hydrogens is 352 g/mol. The zero-order valence-corrected chi connectivity index (χ0v) is 15.3. The van der Waals surface area contributed by atoms with Gasteiger partial charge in [0.25, 0.3) is 0 Å². The number of nitrogens with one attached hydrogen (secondary N) is 1. The first-order valence-electron chi connectivity index (χ1n) is 8.72. The van der Waals surface area contributed by atoms with Crippen molar-refractivity contribution < 1.29 is 13.2 Å². The van der Waals surface area contributed by atoms with Gasteiger partial charge in [-0.25, -0.2) is 8.42 Å². The van der Waals surface area contributed by atoms with Crippen LogP contribution in [0.1, 0.15) is 38.5 Å². The standard InChI is InChI=1S/C18H22N4O3S/c1-2-3-10-18(20-21-18)11-9-17(23)19-15-7-6-8-16(14-15)22-12-4-5-13-26(22,24)25/h1,6-8,14H,3-5,9-13H2,(H,19,23). The molecule has 0 saturated carbocycles. The van der Waals surface area contributed by atoms with E-state index in [1.54, 1.807) is 24.3 Å². The summed E-state index contributed by atoms with van der Waals surface area (Å²) in [6.45, 7) is 0.473. The minimum absolute atomic E-state index is 0.152. The molecule has 1 N–H and O–H groups in total. The summed E-state index contributed by atoms with van der Waals surface area (Å²) in [5.74, 6) is 2.57. The second-order valence-electron chi connectivity index (χ2n) is 6.58. The lowest BCUT2D eigenvalue weighted by molar-refractivity contribution is -0.116. The van der Waals surface area contributed by atoms with Crippen LogP contribution in [0, 0.1) is 12.3 Å². The van der Waals surface area contributed by atoms with E-state index in [1.807, 2.05) is 0 Å². The molecule has 26 heavy (non-hydrogen) atoms. The van der Waals surface area contributed by atoms with Crippen LogP contribution in [0.3, 0.4) is 0 Å². The molecule has 2 aliphatic heterocycles. The summed E-state index contributed by atoms with van der Waals surface area (Å²) in [6, 6.07) is 6.93. The van der Waals surface area contributed by atoms with Gasteiger partial charge in [-0.15, -0.1) is 12.3 Å². The predicted molar refractivity (Wildman–Crippen MR) is 100 cm³/mol. The maximum absolute atomic E-state index is 12.2. The fourth-order valence-electron chi connectivity index (χ4n) is 3.02. The highest BCUT2D eigenvalue weighted by atomic mass is 32.2. The first-order chi connectivity index (χ1) is 12.4. The molecule has 1 saturated heterocycles. The lowest BCUT2D eigenvalue weighted by atomic mass is 10.0. The number of terminal acetylenes is 1. The van der Waals surface area contributed by atoms with Crippen molar-refractivity contribution in [2.24, 2.45) is 10.2 Å². The third kappa shape index (κ3) is 4.41. The number of hydrogen-bond acceptors (Lipinski definition) is 5. The van der Waals surface area contributed by atoms with E-state index < -0.39 is 15.7 Å². The Kier molecular flexibility index (Phi) is 5.28. The number of nitrogens with zero attached hydrogens (tertiary/aromatic N) is 3. The van der Waals surface area contributed by atoms with Crippen LogP contribution in [0.5, 0.6) is 0 Å². The summed E-state index contributed by atoms with van der Waals surface area (Å²) in [4.78, 5) is 12.2. The van der Waals surface area contributed by atoms with Crippen LogP contribution in [0.15, 0.2) is 34.5 Å². The summed E-state index contributed by atoms with van der Waals surface area (Å²) in [7, 11) is -3.27. The molecule has 7 nitrogen and oxygen atoms in total. The Balaban J connectivity index is 1.58. The van der Waals surface area contributed by atoms with Gasteiger partial charge in [-0.05, 0) is 31.0 Å². The number of amides is 1. The Morgan fingerprint density at radius 1 is 1.31 bits per heavy atom. The van der Waals surface area contributed by atoms with Gasteiger partial charge in [0.1, 0.15) is 0 Å². The van der Waals surface area contributed by atoms with E-state index in [1.165, 1.54) is 4.31 Å². The normalized spacial score (nSPS) is 19.6. The van der Waals surface area contributed by atoms with Crippen molar-refractivity contribution in [1.82, 2.24) is 0 Å². The summed E-state index contributed by atoms with van der Waals surface area (Å²) in [5, 5.41) is 10.9. The highest BCUT2D eigenvalue weighted by Gasteiger charge is 2.39. The van der Waals surface area contributed by atoms with Crippen LogP contribution in [-0.4, -0.2) is 32.3 Å². The molecule has 8 heteroatoms. The molecule has 3 rings (SSSR count). The van der Waals surface area contributed by atoms with Crippen molar-refractivity contribution >= 4 is 27.3 Å². The maximum atomic E-state index is 12.2. The molecule has 0 unspecified atom stereocenters. The van der Waals surface area contributed by atoms with Gasteiger partial charge in [0.15, 0.2) is 5.66 Å². The van der Waals surface area contributed by atoms with E-state index in [4.69, 9.17) is 6.42 Å². The smallest absolute Gasteiger partial charge is 0.235 e. The van der Waals surface area contributed by atoms with Crippen molar-refractivity contribution in [2.75, 3.05) is 21.9 Å². The van der Waals surface area contributed by atoms with E-state index in [0.29, 0.717) is 43.6 Å². The summed E-state index contributed by atoms with van der Waals surface area (Å²) in [6.07, 6.45) is 8.84. The number of sulfonamides is 1. The van der Waals surface area contributed by atoms with Crippen molar-refractivity contribution in [3.8, 4) is 12.3 Å². The molecule has 1 amide bonds. The fourth-order valence-corrected chi connectivity index (χ4v) is 4.65. The van der Waals surface area contributed by atoms with Crippen LogP contribution in [0.2, 0.25) is 0 Å². The van der Waals surface area contributed by atoms with Crippen LogP contribution in [0.25, 0.3) is 0 Å². The molecule has 138 valence electrons. The Bertz CT molecular complexity index is 851. The lowest BCUT2D eigenvalue weighted by Gasteiger charge is -2.28.